The van der Waals surface area contributed by atoms with Gasteiger partial charge in [0.1, 0.15) is 5.82 Å². The van der Waals surface area contributed by atoms with Gasteiger partial charge in [-0.05, 0) is 43.0 Å². The van der Waals surface area contributed by atoms with Crippen LogP contribution in [0.25, 0.3) is 0 Å². The molecule has 0 saturated heterocycles. The van der Waals surface area contributed by atoms with Gasteiger partial charge in [-0.15, -0.1) is 0 Å². The normalized spacial score (nSPS) is 21.8. The Morgan fingerprint density at radius 1 is 1.12 bits per heavy atom. The monoisotopic (exact) mass is 336 g/mol. The van der Waals surface area contributed by atoms with E-state index < -0.39 is 0 Å². The molecule has 1 unspecified atom stereocenters. The first-order valence-corrected chi connectivity index (χ1v) is 8.60. The molecule has 1 aliphatic rings. The topological polar surface area (TPSA) is 62.6 Å². The predicted molar refractivity (Wildman–Crippen MR) is 91.2 cm³/mol. The molecule has 3 N–H and O–H groups in total. The van der Waals surface area contributed by atoms with Crippen molar-refractivity contribution in [2.75, 3.05) is 25.5 Å². The highest BCUT2D eigenvalue weighted by Crippen LogP contribution is 2.23. The zero-order valence-electron chi connectivity index (χ0n) is 14.4. The Hall–Kier alpha value is -1.95. The number of halogens is 1. The van der Waals surface area contributed by atoms with Crippen molar-refractivity contribution < 1.29 is 18.9 Å². The largest absolute Gasteiger partial charge is 0.348 e. The van der Waals surface area contributed by atoms with Crippen LogP contribution in [-0.2, 0) is 9.59 Å². The fourth-order valence-corrected chi connectivity index (χ4v) is 3.14. The summed E-state index contributed by atoms with van der Waals surface area (Å²) in [4.78, 5) is 24.9. The molecule has 0 aliphatic heterocycles. The van der Waals surface area contributed by atoms with Gasteiger partial charge < -0.3 is 15.5 Å². The second-order valence-corrected chi connectivity index (χ2v) is 6.80. The zero-order chi connectivity index (χ0) is 17.5. The molecule has 3 atom stereocenters. The van der Waals surface area contributed by atoms with E-state index in [1.807, 2.05) is 7.05 Å². The molecule has 0 heterocycles. The van der Waals surface area contributed by atoms with Crippen LogP contribution in [0.5, 0.6) is 0 Å². The quantitative estimate of drug-likeness (QED) is 0.725. The summed E-state index contributed by atoms with van der Waals surface area (Å²) in [5.74, 6) is -0.0343. The number of nitrogens with one attached hydrogen (secondary N) is 3. The molecule has 132 valence electrons. The third-order valence-corrected chi connectivity index (χ3v) is 4.51. The maximum Gasteiger partial charge on any atom is 0.279 e. The molecular formula is C18H27FN3O2+. The summed E-state index contributed by atoms with van der Waals surface area (Å²) in [5, 5.41) is 5.80. The van der Waals surface area contributed by atoms with Crippen LogP contribution in [0.3, 0.4) is 0 Å². The van der Waals surface area contributed by atoms with E-state index in [0.29, 0.717) is 11.6 Å². The van der Waals surface area contributed by atoms with Gasteiger partial charge in [-0.2, -0.15) is 0 Å². The molecule has 2 amide bonds. The molecular weight excluding hydrogens is 309 g/mol. The molecule has 6 heteroatoms. The Balaban J connectivity index is 1.73. The number of carbonyl (C=O) groups is 2. The Morgan fingerprint density at radius 3 is 2.42 bits per heavy atom. The van der Waals surface area contributed by atoms with Crippen LogP contribution in [0.1, 0.15) is 32.6 Å². The molecule has 1 saturated carbocycles. The van der Waals surface area contributed by atoms with Crippen LogP contribution in [0, 0.1) is 11.7 Å². The van der Waals surface area contributed by atoms with Crippen molar-refractivity contribution in [3.8, 4) is 0 Å². The van der Waals surface area contributed by atoms with Gasteiger partial charge in [-0.3, -0.25) is 9.59 Å². The van der Waals surface area contributed by atoms with Gasteiger partial charge in [0.2, 0.25) is 0 Å². The number of anilines is 1. The van der Waals surface area contributed by atoms with Gasteiger partial charge in [0.15, 0.2) is 13.1 Å². The molecule has 1 aromatic rings. The zero-order valence-corrected chi connectivity index (χ0v) is 14.4. The summed E-state index contributed by atoms with van der Waals surface area (Å²) in [6.07, 6.45) is 4.60. The standard InChI is InChI=1S/C18H26FN3O2/c1-13-5-3-4-6-16(13)21-18(24)12-22(2)11-17(23)20-15-9-7-14(19)8-10-15/h7-10,13,16H,3-6,11-12H2,1-2H3,(H,20,23)(H,21,24)/p+1/t13-,16+/m1/s1. The summed E-state index contributed by atoms with van der Waals surface area (Å²) in [5.41, 5.74) is 0.551. The van der Waals surface area contributed by atoms with E-state index in [0.717, 1.165) is 24.2 Å². The van der Waals surface area contributed by atoms with Crippen molar-refractivity contribution in [2.24, 2.45) is 5.92 Å². The summed E-state index contributed by atoms with van der Waals surface area (Å²) in [6.45, 7) is 2.63. The first kappa shape index (κ1) is 18.4. The Kier molecular flexibility index (Phi) is 6.73. The lowest BCUT2D eigenvalue weighted by molar-refractivity contribution is -0.862. The van der Waals surface area contributed by atoms with Crippen molar-refractivity contribution in [1.82, 2.24) is 5.32 Å². The van der Waals surface area contributed by atoms with Gasteiger partial charge in [0.05, 0.1) is 7.05 Å². The summed E-state index contributed by atoms with van der Waals surface area (Å²) >= 11 is 0. The van der Waals surface area contributed by atoms with Crippen molar-refractivity contribution in [2.45, 2.75) is 38.6 Å². The molecule has 0 bridgehead atoms. The highest BCUT2D eigenvalue weighted by molar-refractivity contribution is 5.91. The number of quaternary nitrogens is 1. The van der Waals surface area contributed by atoms with E-state index in [2.05, 4.69) is 17.6 Å². The van der Waals surface area contributed by atoms with Crippen LogP contribution in [0.15, 0.2) is 24.3 Å². The minimum atomic E-state index is -0.343. The van der Waals surface area contributed by atoms with Crippen molar-refractivity contribution in [3.63, 3.8) is 0 Å². The maximum atomic E-state index is 12.8. The van der Waals surface area contributed by atoms with Crippen molar-refractivity contribution >= 4 is 17.5 Å². The molecule has 0 aromatic heterocycles. The predicted octanol–water partition coefficient (Wildman–Crippen LogP) is 0.974. The highest BCUT2D eigenvalue weighted by atomic mass is 19.1. The van der Waals surface area contributed by atoms with Crippen LogP contribution in [-0.4, -0.2) is 38.0 Å². The average Bonchev–Trinajstić information content (AvgIpc) is 2.51. The van der Waals surface area contributed by atoms with Crippen LogP contribution in [0.4, 0.5) is 10.1 Å². The molecule has 24 heavy (non-hydrogen) atoms. The van der Waals surface area contributed by atoms with E-state index in [1.165, 1.54) is 30.7 Å². The van der Waals surface area contributed by atoms with Gasteiger partial charge in [-0.1, -0.05) is 19.8 Å². The molecule has 1 aromatic carbocycles. The van der Waals surface area contributed by atoms with E-state index >= 15 is 0 Å². The smallest absolute Gasteiger partial charge is 0.279 e. The third-order valence-electron chi connectivity index (χ3n) is 4.51. The lowest BCUT2D eigenvalue weighted by Crippen LogP contribution is -3.11. The number of rotatable bonds is 6. The SMILES string of the molecule is C[C@@H]1CCCC[C@@H]1NC(=O)C[NH+](C)CC(=O)Nc1ccc(F)cc1. The van der Waals surface area contributed by atoms with E-state index in [9.17, 15) is 14.0 Å². The molecule has 0 radical (unpaired) electrons. The molecule has 5 nitrogen and oxygen atoms in total. The van der Waals surface area contributed by atoms with E-state index in [-0.39, 0.29) is 36.8 Å². The number of hydrogen-bond donors (Lipinski definition) is 3. The molecule has 1 aliphatic carbocycles. The van der Waals surface area contributed by atoms with Crippen molar-refractivity contribution in [1.29, 1.82) is 0 Å². The summed E-state index contributed by atoms with van der Waals surface area (Å²) < 4.78 is 12.8. The molecule has 0 spiro atoms. The Morgan fingerprint density at radius 2 is 1.75 bits per heavy atom. The number of likely N-dealkylation sites (N-methyl/N-ethyl adjacent to an activating group) is 1. The van der Waals surface area contributed by atoms with Gasteiger partial charge >= 0.3 is 0 Å². The molecule has 2 rings (SSSR count). The van der Waals surface area contributed by atoms with E-state index in [4.69, 9.17) is 0 Å². The van der Waals surface area contributed by atoms with Crippen LogP contribution < -0.4 is 15.5 Å². The fraction of sp³-hybridized carbons (Fsp3) is 0.556. The summed E-state index contributed by atoms with van der Waals surface area (Å²) in [7, 11) is 1.81. The second kappa shape index (κ2) is 8.78. The summed E-state index contributed by atoms with van der Waals surface area (Å²) in [6, 6.07) is 5.88. The first-order chi connectivity index (χ1) is 11.4. The van der Waals surface area contributed by atoms with Crippen LogP contribution >= 0.6 is 0 Å². The van der Waals surface area contributed by atoms with Crippen LogP contribution in [0.2, 0.25) is 0 Å². The highest BCUT2D eigenvalue weighted by Gasteiger charge is 2.24. The lowest BCUT2D eigenvalue weighted by atomic mass is 9.86. The number of carbonyl (C=O) groups excluding carboxylic acids is 2. The second-order valence-electron chi connectivity index (χ2n) is 6.80. The average molecular weight is 336 g/mol. The first-order valence-electron chi connectivity index (χ1n) is 8.60. The number of benzene rings is 1. The maximum absolute atomic E-state index is 12.8. The lowest BCUT2D eigenvalue weighted by Gasteiger charge is -2.29. The number of hydrogen-bond acceptors (Lipinski definition) is 2. The Labute approximate surface area is 142 Å². The van der Waals surface area contributed by atoms with Gasteiger partial charge in [0.25, 0.3) is 11.8 Å². The fourth-order valence-electron chi connectivity index (χ4n) is 3.14. The number of amides is 2. The molecule has 1 fully saturated rings. The minimum Gasteiger partial charge on any atom is -0.348 e. The minimum absolute atomic E-state index is 0.0131. The van der Waals surface area contributed by atoms with Gasteiger partial charge in [0, 0.05) is 11.7 Å². The van der Waals surface area contributed by atoms with Crippen molar-refractivity contribution in [3.05, 3.63) is 30.1 Å². The van der Waals surface area contributed by atoms with E-state index in [1.54, 1.807) is 0 Å². The third kappa shape index (κ3) is 5.92. The Bertz CT molecular complexity index is 562. The van der Waals surface area contributed by atoms with Gasteiger partial charge in [-0.25, -0.2) is 4.39 Å².